The minimum absolute atomic E-state index is 0.0680. The zero-order valence-corrected chi connectivity index (χ0v) is 17.1. The van der Waals surface area contributed by atoms with Crippen LogP contribution in [-0.4, -0.2) is 55.5 Å². The van der Waals surface area contributed by atoms with Gasteiger partial charge in [-0.1, -0.05) is 18.2 Å². The maximum absolute atomic E-state index is 12.9. The lowest BCUT2D eigenvalue weighted by Crippen LogP contribution is -2.28. The van der Waals surface area contributed by atoms with Crippen molar-refractivity contribution < 1.29 is 37.0 Å². The first-order valence-corrected chi connectivity index (χ1v) is 8.99. The van der Waals surface area contributed by atoms with Gasteiger partial charge in [-0.25, -0.2) is 4.79 Å². The quantitative estimate of drug-likeness (QED) is 0.513. The molecule has 1 heterocycles. The van der Waals surface area contributed by atoms with Gasteiger partial charge in [-0.2, -0.15) is 0 Å². The lowest BCUT2D eigenvalue weighted by molar-refractivity contribution is -0.275. The molecule has 10 heteroatoms. The normalized spacial score (nSPS) is 11.3. The van der Waals surface area contributed by atoms with Gasteiger partial charge in [0, 0.05) is 32.0 Å². The molecule has 1 aromatic heterocycles. The number of aromatic amines is 1. The number of carbonyl (C=O) groups is 2. The fraction of sp³-hybridized carbons (Fsp3) is 0.400. The summed E-state index contributed by atoms with van der Waals surface area (Å²) in [6.07, 6.45) is -4.84. The van der Waals surface area contributed by atoms with E-state index in [9.17, 15) is 22.8 Å². The summed E-state index contributed by atoms with van der Waals surface area (Å²) in [5.74, 6) is -1.47. The van der Waals surface area contributed by atoms with E-state index < -0.39 is 18.2 Å². The molecule has 1 amide bonds. The summed E-state index contributed by atoms with van der Waals surface area (Å²) in [5, 5.41) is 0. The number of halogens is 3. The van der Waals surface area contributed by atoms with Crippen LogP contribution in [0.5, 0.6) is 5.75 Å². The predicted molar refractivity (Wildman–Crippen MR) is 101 cm³/mol. The SMILES string of the molecule is COCCOC(=O)c1c(C)[nH]c(C(=O)N(C)Cc2ccccc2OC(F)(F)F)c1C. The molecule has 2 rings (SSSR count). The van der Waals surface area contributed by atoms with E-state index in [1.807, 2.05) is 0 Å². The second-order valence-corrected chi connectivity index (χ2v) is 6.57. The lowest BCUT2D eigenvalue weighted by Gasteiger charge is -2.20. The number of nitrogens with one attached hydrogen (secondary N) is 1. The Morgan fingerprint density at radius 1 is 1.13 bits per heavy atom. The molecule has 30 heavy (non-hydrogen) atoms. The van der Waals surface area contributed by atoms with Gasteiger partial charge in [-0.05, 0) is 25.5 Å². The van der Waals surface area contributed by atoms with Crippen molar-refractivity contribution in [1.82, 2.24) is 9.88 Å². The summed E-state index contributed by atoms with van der Waals surface area (Å²) in [5.41, 5.74) is 1.43. The number of amides is 1. The third-order valence-electron chi connectivity index (χ3n) is 4.33. The highest BCUT2D eigenvalue weighted by molar-refractivity contribution is 6.00. The first kappa shape index (κ1) is 23.3. The number of ether oxygens (including phenoxy) is 3. The number of aryl methyl sites for hydroxylation is 1. The molecule has 0 fully saturated rings. The Hall–Kier alpha value is -3.01. The molecule has 0 unspecified atom stereocenters. The largest absolute Gasteiger partial charge is 0.573 e. The molecule has 2 aromatic rings. The van der Waals surface area contributed by atoms with Gasteiger partial charge in [0.1, 0.15) is 18.1 Å². The highest BCUT2D eigenvalue weighted by Crippen LogP contribution is 2.28. The number of H-pyrrole nitrogens is 1. The standard InChI is InChI=1S/C20H23F3N2O5/c1-12-16(19(27)29-10-9-28-4)13(2)24-17(12)18(26)25(3)11-14-7-5-6-8-15(14)30-20(21,22)23/h5-8,24H,9-11H2,1-4H3. The predicted octanol–water partition coefficient (Wildman–Crippen LogP) is 3.61. The second-order valence-electron chi connectivity index (χ2n) is 6.57. The number of esters is 1. The summed E-state index contributed by atoms with van der Waals surface area (Å²) < 4.78 is 51.8. The first-order valence-electron chi connectivity index (χ1n) is 8.99. The molecule has 1 aromatic carbocycles. The highest BCUT2D eigenvalue weighted by Gasteiger charge is 2.32. The van der Waals surface area contributed by atoms with E-state index in [1.54, 1.807) is 19.9 Å². The van der Waals surface area contributed by atoms with E-state index in [1.165, 1.54) is 37.3 Å². The molecule has 0 atom stereocenters. The second kappa shape index (κ2) is 9.66. The molecule has 7 nitrogen and oxygen atoms in total. The van der Waals surface area contributed by atoms with Crippen molar-refractivity contribution in [2.45, 2.75) is 26.8 Å². The van der Waals surface area contributed by atoms with Crippen molar-refractivity contribution in [1.29, 1.82) is 0 Å². The van der Waals surface area contributed by atoms with Crippen molar-refractivity contribution in [2.75, 3.05) is 27.4 Å². The molecule has 0 bridgehead atoms. The minimum atomic E-state index is -4.84. The van der Waals surface area contributed by atoms with Crippen molar-refractivity contribution in [3.05, 3.63) is 52.3 Å². The fourth-order valence-electron chi connectivity index (χ4n) is 2.94. The lowest BCUT2D eigenvalue weighted by atomic mass is 10.1. The van der Waals surface area contributed by atoms with Crippen LogP contribution in [0, 0.1) is 13.8 Å². The zero-order chi connectivity index (χ0) is 22.5. The molecule has 0 spiro atoms. The monoisotopic (exact) mass is 428 g/mol. The maximum atomic E-state index is 12.9. The third-order valence-corrected chi connectivity index (χ3v) is 4.33. The van der Waals surface area contributed by atoms with Crippen LogP contribution in [-0.2, 0) is 16.0 Å². The third kappa shape index (κ3) is 5.76. The van der Waals surface area contributed by atoms with Crippen LogP contribution in [0.1, 0.15) is 37.7 Å². The molecular formula is C20H23F3N2O5. The highest BCUT2D eigenvalue weighted by atomic mass is 19.4. The van der Waals surface area contributed by atoms with E-state index in [0.29, 0.717) is 11.3 Å². The number of aromatic nitrogens is 1. The molecule has 0 aliphatic carbocycles. The Morgan fingerprint density at radius 2 is 1.80 bits per heavy atom. The average Bonchev–Trinajstić information content (AvgIpc) is 2.95. The summed E-state index contributed by atoms with van der Waals surface area (Å²) in [6.45, 7) is 3.40. The van der Waals surface area contributed by atoms with E-state index in [2.05, 4.69) is 9.72 Å². The molecule has 1 N–H and O–H groups in total. The van der Waals surface area contributed by atoms with Gasteiger partial charge < -0.3 is 24.1 Å². The van der Waals surface area contributed by atoms with Crippen LogP contribution >= 0.6 is 0 Å². The van der Waals surface area contributed by atoms with Gasteiger partial charge in [0.2, 0.25) is 0 Å². The molecule has 0 radical (unpaired) electrons. The summed E-state index contributed by atoms with van der Waals surface area (Å²) >= 11 is 0. The van der Waals surface area contributed by atoms with Crippen LogP contribution in [0.2, 0.25) is 0 Å². The Morgan fingerprint density at radius 3 is 2.43 bits per heavy atom. The van der Waals surface area contributed by atoms with Gasteiger partial charge in [-0.3, -0.25) is 4.79 Å². The van der Waals surface area contributed by atoms with E-state index in [-0.39, 0.29) is 42.3 Å². The first-order chi connectivity index (χ1) is 14.0. The van der Waals surface area contributed by atoms with E-state index in [4.69, 9.17) is 9.47 Å². The van der Waals surface area contributed by atoms with Crippen molar-refractivity contribution in [3.63, 3.8) is 0 Å². The smallest absolute Gasteiger partial charge is 0.460 e. The Bertz CT molecular complexity index is 908. The Kier molecular flexibility index (Phi) is 7.49. The molecule has 0 saturated carbocycles. The number of hydrogen-bond donors (Lipinski definition) is 1. The van der Waals surface area contributed by atoms with Crippen LogP contribution in [0.25, 0.3) is 0 Å². The van der Waals surface area contributed by atoms with E-state index >= 15 is 0 Å². The van der Waals surface area contributed by atoms with Crippen molar-refractivity contribution in [2.24, 2.45) is 0 Å². The van der Waals surface area contributed by atoms with Gasteiger partial charge in [-0.15, -0.1) is 13.2 Å². The van der Waals surface area contributed by atoms with Gasteiger partial charge >= 0.3 is 12.3 Å². The van der Waals surface area contributed by atoms with Gasteiger partial charge in [0.05, 0.1) is 12.2 Å². The molecule has 0 saturated heterocycles. The van der Waals surface area contributed by atoms with Crippen LogP contribution in [0.15, 0.2) is 24.3 Å². The summed E-state index contributed by atoms with van der Waals surface area (Å²) in [6, 6.07) is 5.58. The zero-order valence-electron chi connectivity index (χ0n) is 17.1. The van der Waals surface area contributed by atoms with Crippen molar-refractivity contribution in [3.8, 4) is 5.75 Å². The number of hydrogen-bond acceptors (Lipinski definition) is 5. The maximum Gasteiger partial charge on any atom is 0.573 e. The fourth-order valence-corrected chi connectivity index (χ4v) is 2.94. The molecule has 0 aliphatic heterocycles. The topological polar surface area (TPSA) is 80.9 Å². The number of nitrogens with zero attached hydrogens (tertiary/aromatic N) is 1. The molecule has 0 aliphatic rings. The Labute approximate surface area is 171 Å². The van der Waals surface area contributed by atoms with Crippen LogP contribution in [0.3, 0.4) is 0 Å². The number of methoxy groups -OCH3 is 1. The number of rotatable bonds is 8. The number of benzene rings is 1. The Balaban J connectivity index is 2.20. The number of para-hydroxylation sites is 1. The van der Waals surface area contributed by atoms with E-state index in [0.717, 1.165) is 0 Å². The molecule has 164 valence electrons. The molecular weight excluding hydrogens is 405 g/mol. The number of alkyl halides is 3. The van der Waals surface area contributed by atoms with Gasteiger partial charge in [0.25, 0.3) is 5.91 Å². The van der Waals surface area contributed by atoms with Gasteiger partial charge in [0.15, 0.2) is 0 Å². The van der Waals surface area contributed by atoms with Crippen molar-refractivity contribution >= 4 is 11.9 Å². The minimum Gasteiger partial charge on any atom is -0.460 e. The van der Waals surface area contributed by atoms with Crippen LogP contribution in [0.4, 0.5) is 13.2 Å². The van der Waals surface area contributed by atoms with Crippen LogP contribution < -0.4 is 4.74 Å². The average molecular weight is 428 g/mol. The summed E-state index contributed by atoms with van der Waals surface area (Å²) in [7, 11) is 2.92. The summed E-state index contributed by atoms with van der Waals surface area (Å²) in [4.78, 5) is 29.3. The number of carbonyl (C=O) groups excluding carboxylic acids is 2.